The van der Waals surface area contributed by atoms with Gasteiger partial charge in [0.15, 0.2) is 0 Å². The quantitative estimate of drug-likeness (QED) is 0.574. The first kappa shape index (κ1) is 9.03. The van der Waals surface area contributed by atoms with E-state index < -0.39 is 0 Å². The Hall–Kier alpha value is -1.06. The van der Waals surface area contributed by atoms with Crippen LogP contribution in [0.5, 0.6) is 0 Å². The van der Waals surface area contributed by atoms with Crippen LogP contribution in [0, 0.1) is 5.92 Å². The molecule has 0 aromatic rings. The van der Waals surface area contributed by atoms with Gasteiger partial charge in [-0.1, -0.05) is 0 Å². The summed E-state index contributed by atoms with van der Waals surface area (Å²) in [6.45, 7) is 0. The Labute approximate surface area is 71.5 Å². The Morgan fingerprint density at radius 3 is 2.33 bits per heavy atom. The molecule has 0 atom stereocenters. The highest BCUT2D eigenvalue weighted by molar-refractivity contribution is 5.76. The Bertz CT molecular complexity index is 174. The predicted molar refractivity (Wildman–Crippen MR) is 44.1 cm³/mol. The molecule has 0 unspecified atom stereocenters. The molecule has 0 aromatic heterocycles. The van der Waals surface area contributed by atoms with Gasteiger partial charge in [0.25, 0.3) is 0 Å². The number of primary amides is 1. The Morgan fingerprint density at radius 1 is 1.33 bits per heavy atom. The summed E-state index contributed by atoms with van der Waals surface area (Å²) >= 11 is 0. The molecule has 1 aliphatic carbocycles. The second-order valence-electron chi connectivity index (χ2n) is 3.24. The zero-order valence-corrected chi connectivity index (χ0v) is 6.95. The maximum Gasteiger partial charge on any atom is 0.220 e. The number of amides is 2. The van der Waals surface area contributed by atoms with Crippen molar-refractivity contribution in [2.24, 2.45) is 11.7 Å². The van der Waals surface area contributed by atoms with Crippen LogP contribution < -0.4 is 11.1 Å². The molecule has 1 saturated carbocycles. The molecule has 4 heteroatoms. The predicted octanol–water partition coefficient (Wildman–Crippen LogP) is -0.224. The molecule has 0 spiro atoms. The fourth-order valence-electron chi connectivity index (χ4n) is 1.64. The van der Waals surface area contributed by atoms with Gasteiger partial charge in [0.05, 0.1) is 0 Å². The Morgan fingerprint density at radius 2 is 1.92 bits per heavy atom. The van der Waals surface area contributed by atoms with Gasteiger partial charge >= 0.3 is 0 Å². The van der Waals surface area contributed by atoms with E-state index in [1.54, 1.807) is 0 Å². The van der Waals surface area contributed by atoms with Crippen molar-refractivity contribution in [3.05, 3.63) is 0 Å². The summed E-state index contributed by atoms with van der Waals surface area (Å²) in [5.74, 6) is -0.186. The van der Waals surface area contributed by atoms with Gasteiger partial charge < -0.3 is 11.1 Å². The van der Waals surface area contributed by atoms with Gasteiger partial charge in [-0.3, -0.25) is 9.59 Å². The van der Waals surface area contributed by atoms with E-state index in [0.29, 0.717) is 0 Å². The van der Waals surface area contributed by atoms with Crippen LogP contribution in [0.15, 0.2) is 0 Å². The molecule has 1 rings (SSSR count). The number of hydrogen-bond donors (Lipinski definition) is 2. The van der Waals surface area contributed by atoms with Crippen LogP contribution in [-0.4, -0.2) is 18.4 Å². The smallest absolute Gasteiger partial charge is 0.220 e. The largest absolute Gasteiger partial charge is 0.369 e. The van der Waals surface area contributed by atoms with Gasteiger partial charge in [-0.2, -0.15) is 0 Å². The number of carbonyl (C=O) groups excluding carboxylic acids is 2. The summed E-state index contributed by atoms with van der Waals surface area (Å²) in [4.78, 5) is 20.8. The van der Waals surface area contributed by atoms with Crippen LogP contribution in [0.1, 0.15) is 25.7 Å². The van der Waals surface area contributed by atoms with Gasteiger partial charge in [0.2, 0.25) is 12.3 Å². The lowest BCUT2D eigenvalue weighted by Gasteiger charge is -2.25. The number of carbonyl (C=O) groups is 2. The molecule has 12 heavy (non-hydrogen) atoms. The topological polar surface area (TPSA) is 72.2 Å². The molecular formula is C8H14N2O2. The molecule has 0 aliphatic heterocycles. The molecule has 2 amide bonds. The fraction of sp³-hybridized carbons (Fsp3) is 0.750. The highest BCUT2D eigenvalue weighted by Crippen LogP contribution is 2.23. The maximum atomic E-state index is 10.8. The van der Waals surface area contributed by atoms with Gasteiger partial charge in [-0.25, -0.2) is 0 Å². The molecule has 1 fully saturated rings. The van der Waals surface area contributed by atoms with Crippen molar-refractivity contribution >= 4 is 12.3 Å². The summed E-state index contributed by atoms with van der Waals surface area (Å²) in [6, 6.07) is 0.248. The van der Waals surface area contributed by atoms with Crippen LogP contribution in [0.25, 0.3) is 0 Å². The molecule has 0 bridgehead atoms. The first-order valence-electron chi connectivity index (χ1n) is 4.23. The number of hydrogen-bond acceptors (Lipinski definition) is 2. The van der Waals surface area contributed by atoms with Crippen molar-refractivity contribution in [1.29, 1.82) is 0 Å². The monoisotopic (exact) mass is 170 g/mol. The molecule has 0 saturated heterocycles. The lowest BCUT2D eigenvalue weighted by molar-refractivity contribution is -0.122. The molecule has 0 radical (unpaired) electrons. The van der Waals surface area contributed by atoms with Crippen LogP contribution in [-0.2, 0) is 9.59 Å². The summed E-state index contributed by atoms with van der Waals surface area (Å²) in [5.41, 5.74) is 5.16. The minimum Gasteiger partial charge on any atom is -0.369 e. The van der Waals surface area contributed by atoms with Crippen molar-refractivity contribution in [1.82, 2.24) is 5.32 Å². The van der Waals surface area contributed by atoms with Crippen molar-refractivity contribution in [3.63, 3.8) is 0 Å². The van der Waals surface area contributed by atoms with E-state index in [-0.39, 0.29) is 17.9 Å². The summed E-state index contributed by atoms with van der Waals surface area (Å²) in [7, 11) is 0. The molecule has 1 aliphatic rings. The van der Waals surface area contributed by atoms with E-state index in [2.05, 4.69) is 5.32 Å². The molecule has 0 heterocycles. The third kappa shape index (κ3) is 2.22. The third-order valence-corrected chi connectivity index (χ3v) is 2.43. The zero-order chi connectivity index (χ0) is 8.97. The molecule has 0 aromatic carbocycles. The second kappa shape index (κ2) is 4.09. The van der Waals surface area contributed by atoms with Crippen LogP contribution in [0.4, 0.5) is 0 Å². The first-order valence-corrected chi connectivity index (χ1v) is 4.23. The highest BCUT2D eigenvalue weighted by Gasteiger charge is 2.23. The van der Waals surface area contributed by atoms with Gasteiger partial charge in [-0.05, 0) is 25.7 Å². The highest BCUT2D eigenvalue weighted by atomic mass is 16.1. The van der Waals surface area contributed by atoms with Gasteiger partial charge in [0.1, 0.15) is 0 Å². The van der Waals surface area contributed by atoms with E-state index in [1.807, 2.05) is 0 Å². The number of nitrogens with two attached hydrogens (primary N) is 1. The zero-order valence-electron chi connectivity index (χ0n) is 6.95. The van der Waals surface area contributed by atoms with Crippen molar-refractivity contribution < 1.29 is 9.59 Å². The number of rotatable bonds is 3. The lowest BCUT2D eigenvalue weighted by Crippen LogP contribution is -2.35. The van der Waals surface area contributed by atoms with Crippen LogP contribution in [0.2, 0.25) is 0 Å². The van der Waals surface area contributed by atoms with Gasteiger partial charge in [0, 0.05) is 12.0 Å². The average molecular weight is 170 g/mol. The standard InChI is InChI=1S/C8H14N2O2/c9-8(12)6-1-3-7(4-2-6)10-5-11/h5-7H,1-4H2,(H2,9,12)(H,10,11). The van der Waals surface area contributed by atoms with Crippen molar-refractivity contribution in [2.75, 3.05) is 0 Å². The van der Waals surface area contributed by atoms with E-state index in [4.69, 9.17) is 5.73 Å². The molecule has 4 nitrogen and oxygen atoms in total. The normalized spacial score (nSPS) is 29.3. The van der Waals surface area contributed by atoms with Crippen molar-refractivity contribution in [3.8, 4) is 0 Å². The van der Waals surface area contributed by atoms with E-state index in [0.717, 1.165) is 32.1 Å². The fourth-order valence-corrected chi connectivity index (χ4v) is 1.64. The minimum absolute atomic E-state index is 0.0229. The average Bonchev–Trinajstić information content (AvgIpc) is 2.06. The van der Waals surface area contributed by atoms with E-state index in [9.17, 15) is 9.59 Å². The Kier molecular flexibility index (Phi) is 3.08. The summed E-state index contributed by atoms with van der Waals surface area (Å²) in [5, 5.41) is 2.71. The van der Waals surface area contributed by atoms with E-state index >= 15 is 0 Å². The van der Waals surface area contributed by atoms with Gasteiger partial charge in [-0.15, -0.1) is 0 Å². The molecular weight excluding hydrogens is 156 g/mol. The Balaban J connectivity index is 2.29. The molecule has 68 valence electrons. The summed E-state index contributed by atoms with van der Waals surface area (Å²) in [6.07, 6.45) is 4.07. The summed E-state index contributed by atoms with van der Waals surface area (Å²) < 4.78 is 0. The van der Waals surface area contributed by atoms with Crippen molar-refractivity contribution in [2.45, 2.75) is 31.7 Å². The first-order chi connectivity index (χ1) is 5.74. The van der Waals surface area contributed by atoms with E-state index in [1.165, 1.54) is 0 Å². The van der Waals surface area contributed by atoms with Crippen LogP contribution >= 0.6 is 0 Å². The van der Waals surface area contributed by atoms with Crippen LogP contribution in [0.3, 0.4) is 0 Å². The number of nitrogens with one attached hydrogen (secondary N) is 1. The third-order valence-electron chi connectivity index (χ3n) is 2.43. The second-order valence-corrected chi connectivity index (χ2v) is 3.24. The minimum atomic E-state index is -0.209. The molecule has 3 N–H and O–H groups in total. The lowest BCUT2D eigenvalue weighted by atomic mass is 9.86. The SMILES string of the molecule is NC(=O)C1CCC(NC=O)CC1. The maximum absolute atomic E-state index is 10.8.